The number of hydrogen-bond acceptors (Lipinski definition) is 0. The molecule has 0 saturated heterocycles. The first-order valence-electron chi connectivity index (χ1n) is 9.16. The van der Waals surface area contributed by atoms with Crippen molar-refractivity contribution in [1.29, 1.82) is 0 Å². The second kappa shape index (κ2) is 10.5. The zero-order valence-electron chi connectivity index (χ0n) is 15.0. The fraction of sp³-hybridized carbons (Fsp3) is 0.333. The van der Waals surface area contributed by atoms with E-state index >= 15 is 0 Å². The summed E-state index contributed by atoms with van der Waals surface area (Å²) in [6, 6.07) is 17.3. The second-order valence-corrected chi connectivity index (χ2v) is 6.17. The van der Waals surface area contributed by atoms with Gasteiger partial charge in [0.15, 0.2) is 0 Å². The lowest BCUT2D eigenvalue weighted by molar-refractivity contribution is 0.795. The van der Waals surface area contributed by atoms with Gasteiger partial charge in [0.1, 0.15) is 0 Å². The molecule has 2 rings (SSSR count). The standard InChI is InChI=1S/C24H28/c1-3-5-7-8-10-22-13-17-24(18-14-22)20-19-23-15-11-21(12-16-23)9-6-4-2/h5,7,11-18H,3-4,6,8-10H2,1-2H3. The molecule has 0 aromatic heterocycles. The van der Waals surface area contributed by atoms with Crippen LogP contribution in [0.5, 0.6) is 0 Å². The smallest absolute Gasteiger partial charge is 0.0249 e. The lowest BCUT2D eigenvalue weighted by Crippen LogP contribution is -1.85. The Kier molecular flexibility index (Phi) is 7.91. The maximum absolute atomic E-state index is 3.26. The predicted molar refractivity (Wildman–Crippen MR) is 105 cm³/mol. The van der Waals surface area contributed by atoms with E-state index in [2.05, 4.69) is 86.4 Å². The third-order valence-corrected chi connectivity index (χ3v) is 4.08. The molecular weight excluding hydrogens is 288 g/mol. The molecule has 2 aromatic rings. The van der Waals surface area contributed by atoms with Crippen LogP contribution in [0.3, 0.4) is 0 Å². The Morgan fingerprint density at radius 2 is 1.25 bits per heavy atom. The molecule has 0 radical (unpaired) electrons. The number of hydrogen-bond donors (Lipinski definition) is 0. The Bertz CT molecular complexity index is 676. The van der Waals surface area contributed by atoms with Gasteiger partial charge in [0.2, 0.25) is 0 Å². The zero-order chi connectivity index (χ0) is 17.0. The third kappa shape index (κ3) is 6.47. The van der Waals surface area contributed by atoms with Crippen molar-refractivity contribution < 1.29 is 0 Å². The number of unbranched alkanes of at least 4 members (excludes halogenated alkanes) is 1. The van der Waals surface area contributed by atoms with E-state index < -0.39 is 0 Å². The molecule has 0 N–H and O–H groups in total. The molecule has 0 saturated carbocycles. The molecule has 124 valence electrons. The SMILES string of the molecule is CCC=CCCc1ccc(C#Cc2ccc(CCCC)cc2)cc1. The van der Waals surface area contributed by atoms with Crippen LogP contribution < -0.4 is 0 Å². The third-order valence-electron chi connectivity index (χ3n) is 4.08. The topological polar surface area (TPSA) is 0 Å². The van der Waals surface area contributed by atoms with Crippen LogP contribution in [0.1, 0.15) is 61.8 Å². The molecule has 2 aromatic carbocycles. The van der Waals surface area contributed by atoms with Crippen LogP contribution in [0.25, 0.3) is 0 Å². The van der Waals surface area contributed by atoms with Crippen LogP contribution in [0.15, 0.2) is 60.7 Å². The molecule has 0 aliphatic heterocycles. The summed E-state index contributed by atoms with van der Waals surface area (Å²) in [4.78, 5) is 0. The Balaban J connectivity index is 1.91. The van der Waals surface area contributed by atoms with Gasteiger partial charge in [-0.2, -0.15) is 0 Å². The average Bonchev–Trinajstić information content (AvgIpc) is 2.64. The van der Waals surface area contributed by atoms with E-state index in [-0.39, 0.29) is 0 Å². The molecule has 0 fully saturated rings. The van der Waals surface area contributed by atoms with Crippen LogP contribution in [0, 0.1) is 11.8 Å². The summed E-state index contributed by atoms with van der Waals surface area (Å²) < 4.78 is 0. The summed E-state index contributed by atoms with van der Waals surface area (Å²) in [5.41, 5.74) is 4.95. The summed E-state index contributed by atoms with van der Waals surface area (Å²) in [6.07, 6.45) is 11.5. The maximum atomic E-state index is 3.26. The first kappa shape index (κ1) is 18.1. The van der Waals surface area contributed by atoms with E-state index in [0.717, 1.165) is 30.4 Å². The van der Waals surface area contributed by atoms with E-state index in [1.165, 1.54) is 30.4 Å². The lowest BCUT2D eigenvalue weighted by atomic mass is 10.1. The Labute approximate surface area is 147 Å². The highest BCUT2D eigenvalue weighted by molar-refractivity contribution is 5.44. The molecule has 0 amide bonds. The van der Waals surface area contributed by atoms with Gasteiger partial charge in [0.05, 0.1) is 0 Å². The quantitative estimate of drug-likeness (QED) is 0.414. The molecule has 0 aliphatic carbocycles. The molecular formula is C24H28. The molecule has 0 spiro atoms. The minimum Gasteiger partial charge on any atom is -0.0888 e. The molecule has 0 aliphatic rings. The summed E-state index contributed by atoms with van der Waals surface area (Å²) in [5, 5.41) is 0. The van der Waals surface area contributed by atoms with E-state index in [0.29, 0.717) is 0 Å². The van der Waals surface area contributed by atoms with Crippen molar-refractivity contribution in [1.82, 2.24) is 0 Å². The monoisotopic (exact) mass is 316 g/mol. The average molecular weight is 316 g/mol. The molecule has 0 heterocycles. The van der Waals surface area contributed by atoms with Crippen LogP contribution in [0.4, 0.5) is 0 Å². The fourth-order valence-corrected chi connectivity index (χ4v) is 2.57. The Hall–Kier alpha value is -2.26. The summed E-state index contributed by atoms with van der Waals surface area (Å²) in [7, 11) is 0. The fourth-order valence-electron chi connectivity index (χ4n) is 2.57. The van der Waals surface area contributed by atoms with Crippen molar-refractivity contribution >= 4 is 0 Å². The van der Waals surface area contributed by atoms with Gasteiger partial charge in [-0.05, 0) is 67.5 Å². The van der Waals surface area contributed by atoms with E-state index in [4.69, 9.17) is 0 Å². The first-order chi connectivity index (χ1) is 11.8. The summed E-state index contributed by atoms with van der Waals surface area (Å²) in [5.74, 6) is 6.53. The second-order valence-electron chi connectivity index (χ2n) is 6.17. The highest BCUT2D eigenvalue weighted by Gasteiger charge is 1.94. The Morgan fingerprint density at radius 3 is 1.75 bits per heavy atom. The number of aryl methyl sites for hydroxylation is 2. The first-order valence-corrected chi connectivity index (χ1v) is 9.16. The Morgan fingerprint density at radius 1 is 0.708 bits per heavy atom. The molecule has 0 heteroatoms. The summed E-state index contributed by atoms with van der Waals surface area (Å²) in [6.45, 7) is 4.40. The molecule has 24 heavy (non-hydrogen) atoms. The number of allylic oxidation sites excluding steroid dienone is 2. The van der Waals surface area contributed by atoms with Gasteiger partial charge in [0, 0.05) is 11.1 Å². The van der Waals surface area contributed by atoms with Gasteiger partial charge in [-0.3, -0.25) is 0 Å². The van der Waals surface area contributed by atoms with Gasteiger partial charge >= 0.3 is 0 Å². The van der Waals surface area contributed by atoms with Crippen molar-refractivity contribution in [2.45, 2.75) is 52.4 Å². The van der Waals surface area contributed by atoms with Crippen LogP contribution >= 0.6 is 0 Å². The largest absolute Gasteiger partial charge is 0.0888 e. The van der Waals surface area contributed by atoms with Gasteiger partial charge in [-0.15, -0.1) is 0 Å². The van der Waals surface area contributed by atoms with Gasteiger partial charge < -0.3 is 0 Å². The predicted octanol–water partition coefficient (Wildman–Crippen LogP) is 6.33. The zero-order valence-corrected chi connectivity index (χ0v) is 15.0. The van der Waals surface area contributed by atoms with E-state index in [1.54, 1.807) is 0 Å². The van der Waals surface area contributed by atoms with Gasteiger partial charge in [0.25, 0.3) is 0 Å². The number of rotatable bonds is 7. The van der Waals surface area contributed by atoms with Crippen molar-refractivity contribution in [3.8, 4) is 11.8 Å². The van der Waals surface area contributed by atoms with E-state index in [1.807, 2.05) is 0 Å². The molecule has 0 unspecified atom stereocenters. The minimum absolute atomic E-state index is 1.08. The normalized spacial score (nSPS) is 10.6. The van der Waals surface area contributed by atoms with Crippen molar-refractivity contribution in [3.05, 3.63) is 82.9 Å². The highest BCUT2D eigenvalue weighted by Crippen LogP contribution is 2.09. The van der Waals surface area contributed by atoms with Crippen LogP contribution in [-0.2, 0) is 12.8 Å². The van der Waals surface area contributed by atoms with Crippen molar-refractivity contribution in [2.75, 3.05) is 0 Å². The number of benzene rings is 2. The van der Waals surface area contributed by atoms with Gasteiger partial charge in [-0.1, -0.05) is 68.5 Å². The van der Waals surface area contributed by atoms with E-state index in [9.17, 15) is 0 Å². The van der Waals surface area contributed by atoms with Gasteiger partial charge in [-0.25, -0.2) is 0 Å². The van der Waals surface area contributed by atoms with Crippen molar-refractivity contribution in [2.24, 2.45) is 0 Å². The van der Waals surface area contributed by atoms with Crippen LogP contribution in [0.2, 0.25) is 0 Å². The summed E-state index contributed by atoms with van der Waals surface area (Å²) >= 11 is 0. The molecule has 0 bridgehead atoms. The molecule has 0 nitrogen and oxygen atoms in total. The highest BCUT2D eigenvalue weighted by atomic mass is 14.0. The minimum atomic E-state index is 1.08. The maximum Gasteiger partial charge on any atom is 0.0249 e. The lowest BCUT2D eigenvalue weighted by Gasteiger charge is -2.00. The van der Waals surface area contributed by atoms with Crippen molar-refractivity contribution in [3.63, 3.8) is 0 Å². The molecule has 0 atom stereocenters. The van der Waals surface area contributed by atoms with Crippen LogP contribution in [-0.4, -0.2) is 0 Å².